The second-order valence-electron chi connectivity index (χ2n) is 6.62. The highest BCUT2D eigenvalue weighted by Crippen LogP contribution is 2.28. The van der Waals surface area contributed by atoms with Crippen LogP contribution in [-0.4, -0.2) is 38.6 Å². The lowest BCUT2D eigenvalue weighted by atomic mass is 9.89. The number of hydrogen-bond donors (Lipinski definition) is 3. The van der Waals surface area contributed by atoms with Crippen LogP contribution in [0.3, 0.4) is 0 Å². The fourth-order valence-electron chi connectivity index (χ4n) is 3.45. The lowest BCUT2D eigenvalue weighted by Gasteiger charge is -2.18. The molecule has 0 spiro atoms. The topological polar surface area (TPSA) is 105 Å². The number of aromatic nitrogens is 2. The molecule has 0 amide bonds. The highest BCUT2D eigenvalue weighted by atomic mass is 16.5. The van der Waals surface area contributed by atoms with Crippen LogP contribution in [0, 0.1) is 5.92 Å². The summed E-state index contributed by atoms with van der Waals surface area (Å²) in [5, 5.41) is 19.0. The van der Waals surface area contributed by atoms with Crippen LogP contribution in [0.25, 0.3) is 6.08 Å². The van der Waals surface area contributed by atoms with Gasteiger partial charge in [-0.15, -0.1) is 0 Å². The molecule has 0 aromatic carbocycles. The Hall–Kier alpha value is -1.70. The van der Waals surface area contributed by atoms with E-state index in [0.29, 0.717) is 11.5 Å². The van der Waals surface area contributed by atoms with Crippen LogP contribution >= 0.6 is 0 Å². The molecule has 3 N–H and O–H groups in total. The summed E-state index contributed by atoms with van der Waals surface area (Å²) in [6.45, 7) is -0.315. The molecular weight excluding hydrogens is 312 g/mol. The summed E-state index contributed by atoms with van der Waals surface area (Å²) in [6, 6.07) is 0. The van der Waals surface area contributed by atoms with Gasteiger partial charge in [0.05, 0.1) is 18.3 Å². The molecule has 2 heterocycles. The molecule has 1 saturated carbocycles. The average Bonchev–Trinajstić information content (AvgIpc) is 2.95. The Balaban J connectivity index is 1.82. The van der Waals surface area contributed by atoms with Gasteiger partial charge in [0.15, 0.2) is 0 Å². The van der Waals surface area contributed by atoms with Gasteiger partial charge in [-0.2, -0.15) is 0 Å². The molecule has 7 heteroatoms. The number of rotatable bonds is 4. The van der Waals surface area contributed by atoms with Gasteiger partial charge >= 0.3 is 5.69 Å². The lowest BCUT2D eigenvalue weighted by molar-refractivity contribution is -0.0459. The summed E-state index contributed by atoms with van der Waals surface area (Å²) in [7, 11) is 0. The van der Waals surface area contributed by atoms with Crippen molar-refractivity contribution >= 4 is 6.08 Å². The Morgan fingerprint density at radius 2 is 2.04 bits per heavy atom. The highest BCUT2D eigenvalue weighted by molar-refractivity contribution is 5.46. The summed E-state index contributed by atoms with van der Waals surface area (Å²) in [5.74, 6) is 0.474. The molecule has 24 heavy (non-hydrogen) atoms. The maximum Gasteiger partial charge on any atom is 0.330 e. The second kappa shape index (κ2) is 7.46. The van der Waals surface area contributed by atoms with E-state index >= 15 is 0 Å². The highest BCUT2D eigenvalue weighted by Gasteiger charge is 2.35. The van der Waals surface area contributed by atoms with Gasteiger partial charge in [0.25, 0.3) is 5.56 Å². The first-order chi connectivity index (χ1) is 11.6. The Morgan fingerprint density at radius 3 is 2.71 bits per heavy atom. The normalized spacial score (nSPS) is 28.7. The first-order valence-electron chi connectivity index (χ1n) is 8.56. The van der Waals surface area contributed by atoms with E-state index in [1.165, 1.54) is 30.0 Å². The van der Waals surface area contributed by atoms with Crippen LogP contribution in [0.5, 0.6) is 0 Å². The quantitative estimate of drug-likeness (QED) is 0.753. The Kier molecular flexibility index (Phi) is 5.33. The Bertz CT molecular complexity index is 702. The first kappa shape index (κ1) is 17.1. The zero-order valence-electron chi connectivity index (χ0n) is 13.6. The van der Waals surface area contributed by atoms with Crippen LogP contribution in [0.2, 0.25) is 0 Å². The molecular formula is C17H24N2O5. The van der Waals surface area contributed by atoms with E-state index in [9.17, 15) is 14.7 Å². The van der Waals surface area contributed by atoms with Crippen molar-refractivity contribution in [2.75, 3.05) is 6.61 Å². The van der Waals surface area contributed by atoms with Gasteiger partial charge in [-0.25, -0.2) is 4.79 Å². The van der Waals surface area contributed by atoms with Crippen molar-refractivity contribution in [1.82, 2.24) is 9.55 Å². The number of aliphatic hydroxyl groups is 2. The minimum absolute atomic E-state index is 0.197. The SMILES string of the molecule is O=c1[nH]c(=O)n([C@H]2CC(O)[C@@H](CO)O2)cc1/C=C/C1CCCCC1. The van der Waals surface area contributed by atoms with Crippen molar-refractivity contribution in [2.45, 2.75) is 57.0 Å². The van der Waals surface area contributed by atoms with Crippen molar-refractivity contribution in [3.05, 3.63) is 38.7 Å². The summed E-state index contributed by atoms with van der Waals surface area (Å²) >= 11 is 0. The molecule has 2 fully saturated rings. The summed E-state index contributed by atoms with van der Waals surface area (Å²) in [4.78, 5) is 26.4. The van der Waals surface area contributed by atoms with E-state index < -0.39 is 29.7 Å². The Morgan fingerprint density at radius 1 is 1.29 bits per heavy atom. The smallest absolute Gasteiger partial charge is 0.330 e. The minimum Gasteiger partial charge on any atom is -0.394 e. The third kappa shape index (κ3) is 3.68. The van der Waals surface area contributed by atoms with Crippen molar-refractivity contribution in [3.63, 3.8) is 0 Å². The molecule has 7 nitrogen and oxygen atoms in total. The predicted molar refractivity (Wildman–Crippen MR) is 88.6 cm³/mol. The van der Waals surface area contributed by atoms with E-state index in [-0.39, 0.29) is 13.0 Å². The van der Waals surface area contributed by atoms with Gasteiger partial charge in [-0.05, 0) is 18.8 Å². The average molecular weight is 336 g/mol. The van der Waals surface area contributed by atoms with Crippen molar-refractivity contribution in [3.8, 4) is 0 Å². The number of nitrogens with one attached hydrogen (secondary N) is 1. The standard InChI is InChI=1S/C17H24N2O5/c20-10-14-13(21)8-15(24-14)19-9-12(16(22)18-17(19)23)7-6-11-4-2-1-3-5-11/h6-7,9,11,13-15,20-21H,1-5,8,10H2,(H,18,22,23)/b7-6+/t13?,14-,15-/m1/s1. The second-order valence-corrected chi connectivity index (χ2v) is 6.62. The monoisotopic (exact) mass is 336 g/mol. The van der Waals surface area contributed by atoms with Crippen LogP contribution in [0.15, 0.2) is 21.9 Å². The molecule has 0 radical (unpaired) electrons. The molecule has 1 aromatic heterocycles. The van der Waals surface area contributed by atoms with Gasteiger partial charge in [0, 0.05) is 12.6 Å². The van der Waals surface area contributed by atoms with Gasteiger partial charge in [0.1, 0.15) is 12.3 Å². The fourth-order valence-corrected chi connectivity index (χ4v) is 3.45. The number of nitrogens with zero attached hydrogens (tertiary/aromatic N) is 1. The van der Waals surface area contributed by atoms with E-state index in [4.69, 9.17) is 9.84 Å². The molecule has 1 aliphatic heterocycles. The number of hydrogen-bond acceptors (Lipinski definition) is 5. The summed E-state index contributed by atoms with van der Waals surface area (Å²) in [5.41, 5.74) is -0.614. The molecule has 1 aliphatic carbocycles. The molecule has 132 valence electrons. The number of allylic oxidation sites excluding steroid dienone is 1. The largest absolute Gasteiger partial charge is 0.394 e. The maximum atomic E-state index is 12.0. The van der Waals surface area contributed by atoms with Gasteiger partial charge in [-0.1, -0.05) is 31.4 Å². The van der Waals surface area contributed by atoms with Crippen molar-refractivity contribution in [2.24, 2.45) is 5.92 Å². The zero-order chi connectivity index (χ0) is 17.1. The predicted octanol–water partition coefficient (Wildman–Crippen LogP) is 0.771. The number of ether oxygens (including phenoxy) is 1. The maximum absolute atomic E-state index is 12.0. The molecule has 2 aliphatic rings. The van der Waals surface area contributed by atoms with Gasteiger partial charge in [-0.3, -0.25) is 14.3 Å². The van der Waals surface area contributed by atoms with Crippen LogP contribution < -0.4 is 11.2 Å². The molecule has 0 bridgehead atoms. The summed E-state index contributed by atoms with van der Waals surface area (Å²) in [6.07, 6.45) is 9.18. The molecule has 1 saturated heterocycles. The lowest BCUT2D eigenvalue weighted by Crippen LogP contribution is -2.33. The van der Waals surface area contributed by atoms with Crippen molar-refractivity contribution < 1.29 is 14.9 Å². The van der Waals surface area contributed by atoms with Gasteiger partial charge in [0.2, 0.25) is 0 Å². The molecule has 3 atom stereocenters. The van der Waals surface area contributed by atoms with Crippen LogP contribution in [0.4, 0.5) is 0 Å². The zero-order valence-corrected chi connectivity index (χ0v) is 13.6. The third-order valence-electron chi connectivity index (χ3n) is 4.89. The number of H-pyrrole nitrogens is 1. The van der Waals surface area contributed by atoms with E-state index in [1.54, 1.807) is 6.08 Å². The summed E-state index contributed by atoms with van der Waals surface area (Å²) < 4.78 is 6.77. The first-order valence-corrected chi connectivity index (χ1v) is 8.56. The minimum atomic E-state index is -0.833. The Labute approximate surface area is 139 Å². The van der Waals surface area contributed by atoms with Gasteiger partial charge < -0.3 is 14.9 Å². The molecule has 1 aromatic rings. The number of aromatic amines is 1. The molecule has 3 rings (SSSR count). The van der Waals surface area contributed by atoms with Crippen LogP contribution in [0.1, 0.15) is 50.3 Å². The van der Waals surface area contributed by atoms with Crippen molar-refractivity contribution in [1.29, 1.82) is 0 Å². The van der Waals surface area contributed by atoms with E-state index in [2.05, 4.69) is 4.98 Å². The third-order valence-corrected chi connectivity index (χ3v) is 4.89. The number of aliphatic hydroxyl groups excluding tert-OH is 2. The molecule has 1 unspecified atom stereocenters. The van der Waals surface area contributed by atoms with E-state index in [0.717, 1.165) is 12.8 Å². The fraction of sp³-hybridized carbons (Fsp3) is 0.647. The van der Waals surface area contributed by atoms with Crippen LogP contribution in [-0.2, 0) is 4.74 Å². The van der Waals surface area contributed by atoms with E-state index in [1.807, 2.05) is 6.08 Å².